The Hall–Kier alpha value is -3.07. The van der Waals surface area contributed by atoms with E-state index < -0.39 is 0 Å². The number of carbonyl (C=O) groups is 1. The van der Waals surface area contributed by atoms with Gasteiger partial charge in [0.2, 0.25) is 5.91 Å². The molecular formula is C25H28N2O. The maximum atomic E-state index is 12.3. The fraction of sp³-hybridized carbons (Fsp3) is 0.240. The average Bonchev–Trinajstić information content (AvgIpc) is 2.71. The smallest absolute Gasteiger partial charge is 0.224 e. The summed E-state index contributed by atoms with van der Waals surface area (Å²) in [7, 11) is 0. The lowest BCUT2D eigenvalue weighted by molar-refractivity contribution is -0.117. The topological polar surface area (TPSA) is 32.3 Å². The molecular weight excluding hydrogens is 344 g/mol. The van der Waals surface area contributed by atoms with Crippen molar-refractivity contribution in [1.82, 2.24) is 5.32 Å². The van der Waals surface area contributed by atoms with Crippen LogP contribution in [0.4, 0.5) is 5.69 Å². The summed E-state index contributed by atoms with van der Waals surface area (Å²) in [6.07, 6.45) is 8.63. The zero-order chi connectivity index (χ0) is 20.1. The van der Waals surface area contributed by atoms with E-state index in [0.717, 1.165) is 28.9 Å². The van der Waals surface area contributed by atoms with Crippen LogP contribution in [0.5, 0.6) is 0 Å². The lowest BCUT2D eigenvalue weighted by Crippen LogP contribution is -2.44. The third-order valence-corrected chi connectivity index (χ3v) is 5.19. The number of anilines is 1. The molecule has 3 rings (SSSR count). The molecule has 0 unspecified atom stereocenters. The second kappa shape index (κ2) is 8.75. The minimum Gasteiger partial charge on any atom is -0.378 e. The van der Waals surface area contributed by atoms with Gasteiger partial charge in [0.15, 0.2) is 0 Å². The first-order valence-electron chi connectivity index (χ1n) is 9.76. The first kappa shape index (κ1) is 19.7. The molecule has 0 aliphatic carbocycles. The van der Waals surface area contributed by atoms with Crippen molar-refractivity contribution >= 4 is 11.6 Å². The molecule has 1 heterocycles. The van der Waals surface area contributed by atoms with E-state index >= 15 is 0 Å². The zero-order valence-electron chi connectivity index (χ0n) is 16.9. The first-order valence-corrected chi connectivity index (χ1v) is 9.76. The Kier molecular flexibility index (Phi) is 6.15. The lowest BCUT2D eigenvalue weighted by Gasteiger charge is -2.40. The van der Waals surface area contributed by atoms with Gasteiger partial charge in [0.25, 0.3) is 0 Å². The van der Waals surface area contributed by atoms with Gasteiger partial charge in [-0.25, -0.2) is 0 Å². The number of fused-ring (bicyclic) bond motifs is 1. The van der Waals surface area contributed by atoms with Gasteiger partial charge < -0.3 is 10.2 Å². The van der Waals surface area contributed by atoms with Gasteiger partial charge in [-0.1, -0.05) is 61.2 Å². The Balaban J connectivity index is 2.06. The predicted octanol–water partition coefficient (Wildman–Crippen LogP) is 5.78. The molecule has 1 amide bonds. The predicted molar refractivity (Wildman–Crippen MR) is 118 cm³/mol. The van der Waals surface area contributed by atoms with E-state index in [4.69, 9.17) is 0 Å². The molecule has 2 atom stereocenters. The summed E-state index contributed by atoms with van der Waals surface area (Å²) in [6, 6.07) is 17.0. The lowest BCUT2D eigenvalue weighted by atomic mass is 9.89. The molecule has 2 aromatic carbocycles. The summed E-state index contributed by atoms with van der Waals surface area (Å²) in [4.78, 5) is 14.2. The molecule has 0 spiro atoms. The molecule has 1 N–H and O–H groups in total. The maximum Gasteiger partial charge on any atom is 0.224 e. The highest BCUT2D eigenvalue weighted by atomic mass is 16.2. The van der Waals surface area contributed by atoms with Crippen LogP contribution in [0.3, 0.4) is 0 Å². The minimum absolute atomic E-state index is 0.0810. The SMILES string of the molecule is C=C/C=C\C(=C/C)N[C@@H]1C[C@@H](C)N(C(C)=O)c2ccc(-c3ccccc3)cc21. The largest absolute Gasteiger partial charge is 0.378 e. The second-order valence-corrected chi connectivity index (χ2v) is 7.15. The number of hydrogen-bond donors (Lipinski definition) is 1. The molecule has 3 nitrogen and oxygen atoms in total. The maximum absolute atomic E-state index is 12.3. The van der Waals surface area contributed by atoms with Gasteiger partial charge in [-0.05, 0) is 55.2 Å². The molecule has 0 saturated heterocycles. The van der Waals surface area contributed by atoms with Crippen LogP contribution in [0.1, 0.15) is 38.8 Å². The normalized spacial score (nSPS) is 19.4. The fourth-order valence-corrected chi connectivity index (χ4v) is 3.89. The molecule has 0 radical (unpaired) electrons. The van der Waals surface area contributed by atoms with Crippen molar-refractivity contribution in [3.63, 3.8) is 0 Å². The van der Waals surface area contributed by atoms with Crippen molar-refractivity contribution in [2.24, 2.45) is 0 Å². The summed E-state index contributed by atoms with van der Waals surface area (Å²) in [6.45, 7) is 9.52. The van der Waals surface area contributed by atoms with E-state index in [1.54, 1.807) is 13.0 Å². The highest BCUT2D eigenvalue weighted by molar-refractivity contribution is 5.94. The van der Waals surface area contributed by atoms with Gasteiger partial charge >= 0.3 is 0 Å². The van der Waals surface area contributed by atoms with E-state index in [0.29, 0.717) is 0 Å². The molecule has 2 aromatic rings. The number of nitrogens with one attached hydrogen (secondary N) is 1. The van der Waals surface area contributed by atoms with Crippen molar-refractivity contribution in [2.45, 2.75) is 39.3 Å². The molecule has 0 saturated carbocycles. The number of nitrogens with zero attached hydrogens (tertiary/aromatic N) is 1. The van der Waals surface area contributed by atoms with Crippen LogP contribution in [0.2, 0.25) is 0 Å². The number of rotatable bonds is 5. The van der Waals surface area contributed by atoms with Crippen molar-refractivity contribution in [3.05, 3.63) is 90.7 Å². The van der Waals surface area contributed by atoms with Gasteiger partial charge in [-0.2, -0.15) is 0 Å². The zero-order valence-corrected chi connectivity index (χ0v) is 16.9. The van der Waals surface area contributed by atoms with E-state index in [1.807, 2.05) is 42.2 Å². The standard InChI is InChI=1S/C25H28N2O/c1-5-7-13-22(6-2)26-24-16-18(3)27(19(4)28)25-15-14-21(17-23(24)25)20-11-9-8-10-12-20/h5-15,17-18,24,26H,1,16H2,2-4H3/b13-7-,22-6+/t18-,24-/m1/s1. The quantitative estimate of drug-likeness (QED) is 0.675. The van der Waals surface area contributed by atoms with Crippen molar-refractivity contribution in [3.8, 4) is 11.1 Å². The van der Waals surface area contributed by atoms with Gasteiger partial charge in [0, 0.05) is 24.4 Å². The van der Waals surface area contributed by atoms with Gasteiger partial charge in [0.1, 0.15) is 0 Å². The van der Waals surface area contributed by atoms with E-state index in [-0.39, 0.29) is 18.0 Å². The Morgan fingerprint density at radius 3 is 2.57 bits per heavy atom. The fourth-order valence-electron chi connectivity index (χ4n) is 3.89. The summed E-state index contributed by atoms with van der Waals surface area (Å²) in [5.41, 5.74) is 5.53. The third kappa shape index (κ3) is 4.09. The van der Waals surface area contributed by atoms with Crippen LogP contribution in [0.25, 0.3) is 11.1 Å². The number of allylic oxidation sites excluding steroid dienone is 4. The Bertz CT molecular complexity index is 911. The van der Waals surface area contributed by atoms with Crippen LogP contribution in [0.15, 0.2) is 85.1 Å². The number of amides is 1. The highest BCUT2D eigenvalue weighted by Gasteiger charge is 2.32. The molecule has 1 aliphatic heterocycles. The van der Waals surface area contributed by atoms with Crippen LogP contribution >= 0.6 is 0 Å². The molecule has 0 fully saturated rings. The molecule has 0 aromatic heterocycles. The molecule has 0 bridgehead atoms. The van der Waals surface area contributed by atoms with Crippen molar-refractivity contribution < 1.29 is 4.79 Å². The molecule has 1 aliphatic rings. The van der Waals surface area contributed by atoms with Crippen molar-refractivity contribution in [2.75, 3.05) is 4.90 Å². The third-order valence-electron chi connectivity index (χ3n) is 5.19. The van der Waals surface area contributed by atoms with E-state index in [2.05, 4.69) is 55.2 Å². The molecule has 3 heteroatoms. The Morgan fingerprint density at radius 1 is 1.18 bits per heavy atom. The van der Waals surface area contributed by atoms with E-state index in [9.17, 15) is 4.79 Å². The number of carbonyl (C=O) groups excluding carboxylic acids is 1. The van der Waals surface area contributed by atoms with Gasteiger partial charge in [-0.3, -0.25) is 4.79 Å². The van der Waals surface area contributed by atoms with E-state index in [1.165, 1.54) is 5.56 Å². The number of benzene rings is 2. The van der Waals surface area contributed by atoms with Crippen molar-refractivity contribution in [1.29, 1.82) is 0 Å². The average molecular weight is 373 g/mol. The summed E-state index contributed by atoms with van der Waals surface area (Å²) < 4.78 is 0. The van der Waals surface area contributed by atoms with Gasteiger partial charge in [0.05, 0.1) is 6.04 Å². The minimum atomic E-state index is 0.0810. The van der Waals surface area contributed by atoms with Gasteiger partial charge in [-0.15, -0.1) is 0 Å². The molecule has 28 heavy (non-hydrogen) atoms. The Labute approximate surface area is 168 Å². The monoisotopic (exact) mass is 372 g/mol. The Morgan fingerprint density at radius 2 is 1.93 bits per heavy atom. The highest BCUT2D eigenvalue weighted by Crippen LogP contribution is 2.40. The second-order valence-electron chi connectivity index (χ2n) is 7.15. The first-order chi connectivity index (χ1) is 13.5. The van der Waals surface area contributed by atoms with Crippen LogP contribution < -0.4 is 10.2 Å². The number of hydrogen-bond acceptors (Lipinski definition) is 2. The summed E-state index contributed by atoms with van der Waals surface area (Å²) in [5, 5.41) is 3.65. The van der Waals surface area contributed by atoms with Crippen LogP contribution in [-0.4, -0.2) is 11.9 Å². The summed E-state index contributed by atoms with van der Waals surface area (Å²) >= 11 is 0. The van der Waals surface area contributed by atoms with Crippen LogP contribution in [0, 0.1) is 0 Å². The van der Waals surface area contributed by atoms with Crippen LogP contribution in [-0.2, 0) is 4.79 Å². The summed E-state index contributed by atoms with van der Waals surface area (Å²) in [5.74, 6) is 0.0810. The molecule has 144 valence electrons.